The molecule has 0 atom stereocenters. The van der Waals surface area contributed by atoms with Gasteiger partial charge in [0.15, 0.2) is 0 Å². The number of likely N-dealkylation sites (N-methyl/N-ethyl adjacent to an activating group) is 1. The van der Waals surface area contributed by atoms with E-state index in [9.17, 15) is 23.7 Å². The lowest BCUT2D eigenvalue weighted by molar-refractivity contribution is -0.384. The van der Waals surface area contributed by atoms with Crippen molar-refractivity contribution in [3.63, 3.8) is 0 Å². The number of amides is 1. The lowest BCUT2D eigenvalue weighted by Crippen LogP contribution is -2.49. The molecule has 0 unspecified atom stereocenters. The number of benzene rings is 3. The Morgan fingerprint density at radius 2 is 1.33 bits per heavy atom. The van der Waals surface area contributed by atoms with Crippen molar-refractivity contribution in [1.29, 1.82) is 0 Å². The number of hydrogen-bond acceptors (Lipinski definition) is 6. The number of carbonyl (C=O) groups excluding carboxylic acids is 1. The highest BCUT2D eigenvalue weighted by molar-refractivity contribution is 5.96. The third-order valence-corrected chi connectivity index (χ3v) is 7.60. The fourth-order valence-corrected chi connectivity index (χ4v) is 5.39. The van der Waals surface area contributed by atoms with E-state index >= 15 is 0 Å². The molecule has 0 aliphatic carbocycles. The van der Waals surface area contributed by atoms with Gasteiger partial charge in [-0.05, 0) is 54.6 Å². The van der Waals surface area contributed by atoms with Gasteiger partial charge in [-0.1, -0.05) is 24.3 Å². The van der Waals surface area contributed by atoms with Crippen LogP contribution in [-0.2, 0) is 0 Å². The first-order valence-electron chi connectivity index (χ1n) is 13.1. The molecule has 2 aliphatic heterocycles. The topological polar surface area (TPSA) is 73.2 Å². The highest BCUT2D eigenvalue weighted by atomic mass is 19.1. The number of piperazine rings is 2. The number of hydrogen-bond donors (Lipinski definition) is 0. The first kappa shape index (κ1) is 26.7. The van der Waals surface area contributed by atoms with Crippen LogP contribution in [0.1, 0.15) is 27.5 Å². The van der Waals surface area contributed by atoms with E-state index in [0.29, 0.717) is 50.5 Å². The Bertz CT molecular complexity index is 1270. The molecule has 39 heavy (non-hydrogen) atoms. The Labute approximate surface area is 226 Å². The van der Waals surface area contributed by atoms with Gasteiger partial charge < -0.3 is 14.7 Å². The zero-order chi connectivity index (χ0) is 27.5. The summed E-state index contributed by atoms with van der Waals surface area (Å²) >= 11 is 0. The van der Waals surface area contributed by atoms with E-state index in [1.807, 2.05) is 11.9 Å². The van der Waals surface area contributed by atoms with E-state index in [1.165, 1.54) is 30.3 Å². The first-order valence-corrected chi connectivity index (χ1v) is 13.1. The highest BCUT2D eigenvalue weighted by Gasteiger charge is 2.30. The molecule has 3 aromatic rings. The summed E-state index contributed by atoms with van der Waals surface area (Å²) in [5, 5.41) is 11.9. The van der Waals surface area contributed by atoms with Crippen LogP contribution in [0.3, 0.4) is 0 Å². The zero-order valence-electron chi connectivity index (χ0n) is 21.8. The summed E-state index contributed by atoms with van der Waals surface area (Å²) in [4.78, 5) is 32.9. The average Bonchev–Trinajstić information content (AvgIpc) is 2.95. The van der Waals surface area contributed by atoms with Gasteiger partial charge in [-0.3, -0.25) is 19.8 Å². The predicted octanol–water partition coefficient (Wildman–Crippen LogP) is 4.17. The molecule has 2 saturated heterocycles. The van der Waals surface area contributed by atoms with E-state index in [4.69, 9.17) is 0 Å². The minimum absolute atomic E-state index is 0.0586. The van der Waals surface area contributed by atoms with E-state index in [0.717, 1.165) is 24.2 Å². The van der Waals surface area contributed by atoms with Gasteiger partial charge in [-0.2, -0.15) is 0 Å². The number of nitro groups is 1. The SMILES string of the molecule is CN1CCN(c2ccc(C(=O)N3CCN(C(c4ccc(F)cc4)c4ccc(F)cc4)CC3)cc2[N+](=O)[O-])CC1. The zero-order valence-corrected chi connectivity index (χ0v) is 21.8. The van der Waals surface area contributed by atoms with Crippen LogP contribution < -0.4 is 4.90 Å². The summed E-state index contributed by atoms with van der Waals surface area (Å²) < 4.78 is 27.2. The maximum absolute atomic E-state index is 13.6. The molecule has 5 rings (SSSR count). The summed E-state index contributed by atoms with van der Waals surface area (Å²) in [5.74, 6) is -0.915. The number of anilines is 1. The second-order valence-corrected chi connectivity index (χ2v) is 10.1. The number of nitrogens with zero attached hydrogens (tertiary/aromatic N) is 5. The van der Waals surface area contributed by atoms with E-state index in [-0.39, 0.29) is 29.3 Å². The largest absolute Gasteiger partial charge is 0.363 e. The van der Waals surface area contributed by atoms with E-state index in [2.05, 4.69) is 9.80 Å². The molecule has 0 saturated carbocycles. The summed E-state index contributed by atoms with van der Waals surface area (Å²) in [6.07, 6.45) is 0. The molecule has 8 nitrogen and oxygen atoms in total. The molecular formula is C29H31F2N5O3. The Morgan fingerprint density at radius 1 is 0.795 bits per heavy atom. The van der Waals surface area contributed by atoms with Crippen LogP contribution >= 0.6 is 0 Å². The van der Waals surface area contributed by atoms with Gasteiger partial charge in [-0.15, -0.1) is 0 Å². The van der Waals surface area contributed by atoms with Gasteiger partial charge in [0, 0.05) is 64.0 Å². The standard InChI is InChI=1S/C29H31F2N5O3/c1-32-12-14-33(15-13-32)26-11-6-23(20-27(26)36(38)39)29(37)35-18-16-34(17-19-35)28(21-2-7-24(30)8-3-21)22-4-9-25(31)10-5-22/h2-11,20,28H,12-19H2,1H3. The molecule has 10 heteroatoms. The molecule has 0 N–H and O–H groups in total. The van der Waals surface area contributed by atoms with Crippen LogP contribution in [0.2, 0.25) is 0 Å². The van der Waals surface area contributed by atoms with Crippen LogP contribution in [-0.4, -0.2) is 84.9 Å². The first-order chi connectivity index (χ1) is 18.8. The lowest BCUT2D eigenvalue weighted by Gasteiger charge is -2.40. The van der Waals surface area contributed by atoms with Crippen LogP contribution in [0.5, 0.6) is 0 Å². The fraction of sp³-hybridized carbons (Fsp3) is 0.345. The average molecular weight is 536 g/mol. The van der Waals surface area contributed by atoms with Crippen molar-refractivity contribution in [2.75, 3.05) is 64.3 Å². The third-order valence-electron chi connectivity index (χ3n) is 7.60. The lowest BCUT2D eigenvalue weighted by atomic mass is 9.96. The van der Waals surface area contributed by atoms with Crippen LogP contribution in [0.25, 0.3) is 0 Å². The highest BCUT2D eigenvalue weighted by Crippen LogP contribution is 2.32. The van der Waals surface area contributed by atoms with Crippen molar-refractivity contribution in [3.05, 3.63) is 105 Å². The van der Waals surface area contributed by atoms with Gasteiger partial charge in [-0.25, -0.2) is 8.78 Å². The van der Waals surface area contributed by atoms with Crippen molar-refractivity contribution >= 4 is 17.3 Å². The summed E-state index contributed by atoms with van der Waals surface area (Å²) in [6, 6.07) is 17.0. The summed E-state index contributed by atoms with van der Waals surface area (Å²) in [5.41, 5.74) is 2.52. The quantitative estimate of drug-likeness (QED) is 0.349. The van der Waals surface area contributed by atoms with Crippen molar-refractivity contribution < 1.29 is 18.5 Å². The minimum atomic E-state index is -0.418. The molecule has 3 aromatic carbocycles. The third kappa shape index (κ3) is 5.91. The second kappa shape index (κ2) is 11.5. The Hall–Kier alpha value is -3.89. The Kier molecular flexibility index (Phi) is 7.85. The molecule has 0 bridgehead atoms. The normalized spacial score (nSPS) is 17.0. The molecule has 2 heterocycles. The maximum Gasteiger partial charge on any atom is 0.293 e. The minimum Gasteiger partial charge on any atom is -0.363 e. The van der Waals surface area contributed by atoms with E-state index in [1.54, 1.807) is 41.3 Å². The van der Waals surface area contributed by atoms with E-state index < -0.39 is 4.92 Å². The number of rotatable bonds is 6. The number of nitro benzene ring substituents is 1. The molecule has 1 amide bonds. The van der Waals surface area contributed by atoms with Crippen LogP contribution in [0.15, 0.2) is 66.7 Å². The second-order valence-electron chi connectivity index (χ2n) is 10.1. The smallest absolute Gasteiger partial charge is 0.293 e. The maximum atomic E-state index is 13.6. The Morgan fingerprint density at radius 3 is 1.85 bits per heavy atom. The summed E-state index contributed by atoms with van der Waals surface area (Å²) in [7, 11) is 2.02. The Balaban J connectivity index is 1.32. The molecule has 2 aliphatic rings. The number of carbonyl (C=O) groups is 1. The fourth-order valence-electron chi connectivity index (χ4n) is 5.39. The van der Waals surface area contributed by atoms with Crippen molar-refractivity contribution in [1.82, 2.24) is 14.7 Å². The molecule has 204 valence electrons. The van der Waals surface area contributed by atoms with Gasteiger partial charge in [0.05, 0.1) is 11.0 Å². The molecule has 0 spiro atoms. The monoisotopic (exact) mass is 535 g/mol. The van der Waals surface area contributed by atoms with Crippen LogP contribution in [0, 0.1) is 21.7 Å². The molecular weight excluding hydrogens is 504 g/mol. The van der Waals surface area contributed by atoms with Gasteiger partial charge in [0.2, 0.25) is 0 Å². The van der Waals surface area contributed by atoms with Gasteiger partial charge in [0.1, 0.15) is 17.3 Å². The van der Waals surface area contributed by atoms with Crippen molar-refractivity contribution in [3.8, 4) is 0 Å². The molecule has 0 aromatic heterocycles. The molecule has 2 fully saturated rings. The van der Waals surface area contributed by atoms with Crippen molar-refractivity contribution in [2.24, 2.45) is 0 Å². The van der Waals surface area contributed by atoms with Gasteiger partial charge >= 0.3 is 0 Å². The summed E-state index contributed by atoms with van der Waals surface area (Å²) in [6.45, 7) is 4.93. The molecule has 0 radical (unpaired) electrons. The van der Waals surface area contributed by atoms with Crippen LogP contribution in [0.4, 0.5) is 20.2 Å². The number of halogens is 2. The van der Waals surface area contributed by atoms with Gasteiger partial charge in [0.25, 0.3) is 11.6 Å². The van der Waals surface area contributed by atoms with Crippen molar-refractivity contribution in [2.45, 2.75) is 6.04 Å². The predicted molar refractivity (Wildman–Crippen MR) is 145 cm³/mol.